The van der Waals surface area contributed by atoms with Gasteiger partial charge in [-0.15, -0.1) is 0 Å². The van der Waals surface area contributed by atoms with Crippen LogP contribution in [0.4, 0.5) is 5.95 Å². The SMILES string of the molecule is CC(=O)N1CCn2c1nc1c2c(=O)n(CCCC[C@@H](CO[SiH](C)C)C(C)(C)C)c(=O)n1C. The molecule has 2 aromatic rings. The molecule has 0 fully saturated rings. The zero-order valence-corrected chi connectivity index (χ0v) is 21.6. The maximum atomic E-state index is 13.2. The van der Waals surface area contributed by atoms with Gasteiger partial charge in [0.05, 0.1) is 0 Å². The number of aromatic nitrogens is 4. The molecule has 2 aromatic heterocycles. The Morgan fingerprint density at radius 2 is 1.88 bits per heavy atom. The predicted octanol–water partition coefficient (Wildman–Crippen LogP) is 2.10. The lowest BCUT2D eigenvalue weighted by atomic mass is 9.78. The van der Waals surface area contributed by atoms with Crippen molar-refractivity contribution in [2.24, 2.45) is 18.4 Å². The average molecular weight is 464 g/mol. The van der Waals surface area contributed by atoms with Gasteiger partial charge in [0.2, 0.25) is 11.9 Å². The second-order valence-electron chi connectivity index (χ2n) is 10.1. The van der Waals surface area contributed by atoms with E-state index in [9.17, 15) is 14.4 Å². The van der Waals surface area contributed by atoms with E-state index in [0.717, 1.165) is 25.9 Å². The molecule has 0 aliphatic carbocycles. The predicted molar refractivity (Wildman–Crippen MR) is 129 cm³/mol. The Hall–Kier alpha value is -2.20. The summed E-state index contributed by atoms with van der Waals surface area (Å²) < 4.78 is 10.5. The number of aryl methyl sites for hydroxylation is 1. The molecule has 9 nitrogen and oxygen atoms in total. The van der Waals surface area contributed by atoms with Gasteiger partial charge in [-0.3, -0.25) is 23.6 Å². The molecule has 1 aliphatic heterocycles. The molecule has 0 spiro atoms. The highest BCUT2D eigenvalue weighted by atomic mass is 28.3. The van der Waals surface area contributed by atoms with E-state index in [1.165, 1.54) is 16.1 Å². The standard InChI is InChI=1S/C22H37N5O4Si/c1-15(28)25-12-13-26-17-18(23-20(25)26)24(5)21(30)27(19(17)29)11-9-8-10-16(22(2,3)4)14-31-32(6)7/h16,32H,8-14H2,1-7H3/t16-/m0/s1. The summed E-state index contributed by atoms with van der Waals surface area (Å²) in [5.41, 5.74) is 0.188. The monoisotopic (exact) mass is 463 g/mol. The number of hydrogen-bond donors (Lipinski definition) is 0. The Labute approximate surface area is 190 Å². The lowest BCUT2D eigenvalue weighted by molar-refractivity contribution is -0.116. The average Bonchev–Trinajstić information content (AvgIpc) is 3.25. The van der Waals surface area contributed by atoms with Gasteiger partial charge in [-0.25, -0.2) is 4.79 Å². The van der Waals surface area contributed by atoms with E-state index >= 15 is 0 Å². The number of imidazole rings is 1. The largest absolute Gasteiger partial charge is 0.420 e. The number of hydrogen-bond acceptors (Lipinski definition) is 5. The van der Waals surface area contributed by atoms with Gasteiger partial charge in [0.25, 0.3) is 5.56 Å². The summed E-state index contributed by atoms with van der Waals surface area (Å²) in [5, 5.41) is 0. The van der Waals surface area contributed by atoms with E-state index in [1.807, 2.05) is 0 Å². The molecule has 0 aromatic carbocycles. The van der Waals surface area contributed by atoms with Crippen molar-refractivity contribution in [3.8, 4) is 0 Å². The molecule has 0 N–H and O–H groups in total. The molecule has 3 heterocycles. The van der Waals surface area contributed by atoms with E-state index in [1.54, 1.807) is 16.5 Å². The van der Waals surface area contributed by atoms with Crippen LogP contribution in [0.3, 0.4) is 0 Å². The highest BCUT2D eigenvalue weighted by Crippen LogP contribution is 2.31. The van der Waals surface area contributed by atoms with Crippen LogP contribution < -0.4 is 16.1 Å². The van der Waals surface area contributed by atoms with Crippen LogP contribution in [0, 0.1) is 11.3 Å². The second kappa shape index (κ2) is 9.34. The van der Waals surface area contributed by atoms with Crippen molar-refractivity contribution in [3.63, 3.8) is 0 Å². The van der Waals surface area contributed by atoms with Gasteiger partial charge in [-0.05, 0) is 37.3 Å². The van der Waals surface area contributed by atoms with Crippen LogP contribution in [0.5, 0.6) is 0 Å². The summed E-state index contributed by atoms with van der Waals surface area (Å²) in [6.45, 7) is 14.7. The fraction of sp³-hybridized carbons (Fsp3) is 0.727. The van der Waals surface area contributed by atoms with Crippen LogP contribution in [-0.2, 0) is 29.4 Å². The minimum absolute atomic E-state index is 0.123. The van der Waals surface area contributed by atoms with Gasteiger partial charge >= 0.3 is 5.69 Å². The van der Waals surface area contributed by atoms with Gasteiger partial charge in [0.15, 0.2) is 20.2 Å². The third kappa shape index (κ3) is 4.75. The highest BCUT2D eigenvalue weighted by molar-refractivity contribution is 6.48. The van der Waals surface area contributed by atoms with Crippen molar-refractivity contribution in [1.29, 1.82) is 0 Å². The molecule has 0 unspecified atom stereocenters. The van der Waals surface area contributed by atoms with E-state index < -0.39 is 9.04 Å². The first-order valence-corrected chi connectivity index (χ1v) is 14.3. The van der Waals surface area contributed by atoms with Crippen LogP contribution in [0.2, 0.25) is 13.1 Å². The highest BCUT2D eigenvalue weighted by Gasteiger charge is 2.30. The van der Waals surface area contributed by atoms with E-state index in [0.29, 0.717) is 42.7 Å². The summed E-state index contributed by atoms with van der Waals surface area (Å²) in [7, 11) is 0.563. The van der Waals surface area contributed by atoms with E-state index in [-0.39, 0.29) is 22.6 Å². The Kier molecular flexibility index (Phi) is 7.14. The Morgan fingerprint density at radius 1 is 1.19 bits per heavy atom. The Morgan fingerprint density at radius 3 is 2.47 bits per heavy atom. The number of rotatable bonds is 8. The zero-order valence-electron chi connectivity index (χ0n) is 20.5. The quantitative estimate of drug-likeness (QED) is 0.442. The minimum atomic E-state index is -1.07. The normalized spacial score (nSPS) is 15.1. The molecule has 0 radical (unpaired) electrons. The molecule has 10 heteroatoms. The second-order valence-corrected chi connectivity index (χ2v) is 12.6. The van der Waals surface area contributed by atoms with E-state index in [4.69, 9.17) is 4.43 Å². The first kappa shape index (κ1) is 24.4. The summed E-state index contributed by atoms with van der Waals surface area (Å²) in [6.07, 6.45) is 2.66. The van der Waals surface area contributed by atoms with Crippen molar-refractivity contribution < 1.29 is 9.22 Å². The molecule has 1 amide bonds. The third-order valence-corrected chi connectivity index (χ3v) is 7.28. The van der Waals surface area contributed by atoms with Crippen molar-refractivity contribution in [2.75, 3.05) is 18.1 Å². The molecule has 178 valence electrons. The van der Waals surface area contributed by atoms with Crippen LogP contribution in [0.25, 0.3) is 11.2 Å². The van der Waals surface area contributed by atoms with E-state index in [2.05, 4.69) is 38.8 Å². The summed E-state index contributed by atoms with van der Waals surface area (Å²) in [5.74, 6) is 0.760. The molecule has 1 atom stereocenters. The maximum absolute atomic E-state index is 13.2. The molecule has 0 saturated carbocycles. The zero-order chi connectivity index (χ0) is 23.8. The van der Waals surface area contributed by atoms with Crippen LogP contribution >= 0.6 is 0 Å². The molecule has 32 heavy (non-hydrogen) atoms. The van der Waals surface area contributed by atoms with Crippen LogP contribution in [0.15, 0.2) is 9.59 Å². The van der Waals surface area contributed by atoms with Gasteiger partial charge < -0.3 is 8.99 Å². The summed E-state index contributed by atoms with van der Waals surface area (Å²) >= 11 is 0. The first-order chi connectivity index (χ1) is 14.9. The molecular weight excluding hydrogens is 426 g/mol. The topological polar surface area (TPSA) is 91.4 Å². The molecule has 1 aliphatic rings. The van der Waals surface area contributed by atoms with Crippen molar-refractivity contribution >= 4 is 32.1 Å². The van der Waals surface area contributed by atoms with Crippen molar-refractivity contribution in [2.45, 2.75) is 73.1 Å². The number of unbranched alkanes of at least 4 members (excludes halogenated alkanes) is 1. The number of nitrogens with zero attached hydrogens (tertiary/aromatic N) is 5. The van der Waals surface area contributed by atoms with Crippen molar-refractivity contribution in [1.82, 2.24) is 18.7 Å². The Balaban J connectivity index is 1.79. The number of carbonyl (C=O) groups excluding carboxylic acids is 1. The number of fused-ring (bicyclic) bond motifs is 3. The smallest absolute Gasteiger partial charge is 0.332 e. The van der Waals surface area contributed by atoms with Gasteiger partial charge in [-0.2, -0.15) is 4.98 Å². The fourth-order valence-corrected chi connectivity index (χ4v) is 4.93. The summed E-state index contributed by atoms with van der Waals surface area (Å²) in [4.78, 5) is 44.0. The van der Waals surface area contributed by atoms with Gasteiger partial charge in [0.1, 0.15) is 0 Å². The van der Waals surface area contributed by atoms with Gasteiger partial charge in [0, 0.05) is 40.2 Å². The summed E-state index contributed by atoms with van der Waals surface area (Å²) in [6, 6.07) is 0. The van der Waals surface area contributed by atoms with Gasteiger partial charge in [-0.1, -0.05) is 27.2 Å². The molecule has 3 rings (SSSR count). The number of amides is 1. The minimum Gasteiger partial charge on any atom is -0.420 e. The van der Waals surface area contributed by atoms with Crippen LogP contribution in [-0.4, -0.2) is 46.8 Å². The number of carbonyl (C=O) groups is 1. The van der Waals surface area contributed by atoms with Crippen LogP contribution in [0.1, 0.15) is 47.0 Å². The molecule has 0 bridgehead atoms. The Bertz CT molecular complexity index is 1110. The molecule has 0 saturated heterocycles. The van der Waals surface area contributed by atoms with Crippen molar-refractivity contribution in [3.05, 3.63) is 20.8 Å². The first-order valence-electron chi connectivity index (χ1n) is 11.5. The lowest BCUT2D eigenvalue weighted by Crippen LogP contribution is -2.39. The number of anilines is 1. The lowest BCUT2D eigenvalue weighted by Gasteiger charge is -2.31. The maximum Gasteiger partial charge on any atom is 0.332 e. The fourth-order valence-electron chi connectivity index (χ4n) is 4.31. The third-order valence-electron chi connectivity index (χ3n) is 6.42. The molecular formula is C22H37N5O4Si.